The van der Waals surface area contributed by atoms with E-state index >= 15 is 0 Å². The van der Waals surface area contributed by atoms with E-state index in [2.05, 4.69) is 30.4 Å². The van der Waals surface area contributed by atoms with Gasteiger partial charge in [-0.25, -0.2) is 26.9 Å². The molecule has 3 N–H and O–H groups in total. The first-order valence-corrected chi connectivity index (χ1v) is 11.3. The fourth-order valence-electron chi connectivity index (χ4n) is 3.49. The second kappa shape index (κ2) is 8.78. The van der Waals surface area contributed by atoms with Crippen LogP contribution in [0.15, 0.2) is 18.6 Å². The maximum atomic E-state index is 12.5. The molecule has 15 heteroatoms. The molecule has 2 unspecified atom stereocenters. The van der Waals surface area contributed by atoms with Crippen LogP contribution in [0.4, 0.5) is 26.2 Å². The molecule has 2 fully saturated rings. The molecule has 2 aliphatic heterocycles. The Labute approximate surface area is 181 Å². The lowest BCUT2D eigenvalue weighted by atomic mass is 10.1. The first kappa shape index (κ1) is 22.1. The standard InChI is InChI=1S/C16H20ClF2N7O4S/c1-26-4-8(2-21-26)22-16-20-3-9(17)15(24-16)23-10-5-29-14-11(6-30-13(10)14)25-31(27,28)7-12(18)19/h2-4,10-14,25H,5-7H2,1H3,(H2,20,22,23,24)/t10-,11+,13?,14?/m1/s1. The fourth-order valence-corrected chi connectivity index (χ4v) is 4.72. The minimum Gasteiger partial charge on any atom is -0.371 e. The van der Waals surface area contributed by atoms with E-state index in [1.54, 1.807) is 24.1 Å². The molecule has 0 bridgehead atoms. The minimum absolute atomic E-state index is 0.00129. The summed E-state index contributed by atoms with van der Waals surface area (Å²) >= 11 is 6.21. The molecule has 0 amide bonds. The van der Waals surface area contributed by atoms with Gasteiger partial charge in [0.1, 0.15) is 23.0 Å². The van der Waals surface area contributed by atoms with Crippen molar-refractivity contribution in [2.45, 2.75) is 30.7 Å². The van der Waals surface area contributed by atoms with Gasteiger partial charge in [0.05, 0.1) is 43.4 Å². The highest BCUT2D eigenvalue weighted by atomic mass is 35.5. The highest BCUT2D eigenvalue weighted by molar-refractivity contribution is 7.89. The molecule has 0 aromatic carbocycles. The Bertz CT molecular complexity index is 1040. The van der Waals surface area contributed by atoms with Gasteiger partial charge >= 0.3 is 0 Å². The van der Waals surface area contributed by atoms with Gasteiger partial charge < -0.3 is 20.1 Å². The smallest absolute Gasteiger partial charge is 0.253 e. The predicted octanol–water partition coefficient (Wildman–Crippen LogP) is 0.738. The third-order valence-corrected chi connectivity index (χ3v) is 6.39. The fraction of sp³-hybridized carbons (Fsp3) is 0.562. The van der Waals surface area contributed by atoms with Crippen molar-refractivity contribution in [1.29, 1.82) is 0 Å². The SMILES string of the molecule is Cn1cc(Nc2ncc(Cl)c(N[C@@H]3COC4C3OC[C@@H]4NS(=O)(=O)CC(F)F)n2)cn1. The van der Waals surface area contributed by atoms with Crippen molar-refractivity contribution < 1.29 is 26.7 Å². The summed E-state index contributed by atoms with van der Waals surface area (Å²) in [7, 11) is -2.38. The van der Waals surface area contributed by atoms with E-state index in [9.17, 15) is 17.2 Å². The highest BCUT2D eigenvalue weighted by Crippen LogP contribution is 2.31. The number of anilines is 3. The Morgan fingerprint density at radius 3 is 2.65 bits per heavy atom. The average Bonchev–Trinajstić information content (AvgIpc) is 3.36. The summed E-state index contributed by atoms with van der Waals surface area (Å²) in [5.74, 6) is -0.644. The van der Waals surface area contributed by atoms with Crippen molar-refractivity contribution in [2.24, 2.45) is 7.05 Å². The topological polar surface area (TPSA) is 132 Å². The molecule has 4 atom stereocenters. The van der Waals surface area contributed by atoms with E-state index in [1.807, 2.05) is 0 Å². The van der Waals surface area contributed by atoms with Crippen LogP contribution in [0, 0.1) is 0 Å². The summed E-state index contributed by atoms with van der Waals surface area (Å²) < 4.78 is 63.8. The molecule has 11 nitrogen and oxygen atoms in total. The number of nitrogens with zero attached hydrogens (tertiary/aromatic N) is 4. The van der Waals surface area contributed by atoms with Crippen LogP contribution in [-0.2, 0) is 26.5 Å². The zero-order valence-corrected chi connectivity index (χ0v) is 17.8. The maximum absolute atomic E-state index is 12.5. The lowest BCUT2D eigenvalue weighted by molar-refractivity contribution is 0.0690. The Hall–Kier alpha value is -2.13. The van der Waals surface area contributed by atoms with E-state index in [0.29, 0.717) is 17.5 Å². The van der Waals surface area contributed by atoms with Gasteiger partial charge in [-0.05, 0) is 0 Å². The van der Waals surface area contributed by atoms with Crippen LogP contribution in [0.25, 0.3) is 0 Å². The number of nitrogens with one attached hydrogen (secondary N) is 3. The molecule has 0 aliphatic carbocycles. The largest absolute Gasteiger partial charge is 0.371 e. The molecule has 0 spiro atoms. The van der Waals surface area contributed by atoms with Crippen molar-refractivity contribution in [3.8, 4) is 0 Å². The van der Waals surface area contributed by atoms with E-state index in [4.69, 9.17) is 21.1 Å². The Kier molecular flexibility index (Phi) is 6.25. The predicted molar refractivity (Wildman–Crippen MR) is 107 cm³/mol. The lowest BCUT2D eigenvalue weighted by Gasteiger charge is -2.19. The molecule has 31 heavy (non-hydrogen) atoms. The average molecular weight is 480 g/mol. The second-order valence-electron chi connectivity index (χ2n) is 7.16. The zero-order valence-electron chi connectivity index (χ0n) is 16.2. The summed E-state index contributed by atoms with van der Waals surface area (Å²) in [5.41, 5.74) is 0.693. The summed E-state index contributed by atoms with van der Waals surface area (Å²) in [4.78, 5) is 8.49. The lowest BCUT2D eigenvalue weighted by Crippen LogP contribution is -2.46. The normalized spacial score (nSPS) is 25.7. The first-order valence-electron chi connectivity index (χ1n) is 9.26. The molecule has 0 saturated carbocycles. The van der Waals surface area contributed by atoms with Gasteiger partial charge in [0, 0.05) is 13.2 Å². The highest BCUT2D eigenvalue weighted by Gasteiger charge is 2.49. The van der Waals surface area contributed by atoms with Crippen LogP contribution in [0.1, 0.15) is 0 Å². The third kappa shape index (κ3) is 5.20. The van der Waals surface area contributed by atoms with E-state index in [-0.39, 0.29) is 24.3 Å². The molecular weight excluding hydrogens is 460 g/mol. The molecule has 4 rings (SSSR count). The van der Waals surface area contributed by atoms with Gasteiger partial charge in [-0.15, -0.1) is 0 Å². The zero-order chi connectivity index (χ0) is 22.2. The van der Waals surface area contributed by atoms with Crippen LogP contribution < -0.4 is 15.4 Å². The van der Waals surface area contributed by atoms with Gasteiger partial charge in [-0.3, -0.25) is 4.68 Å². The number of fused-ring (bicyclic) bond motifs is 1. The van der Waals surface area contributed by atoms with E-state index in [1.165, 1.54) is 6.20 Å². The number of hydrogen-bond donors (Lipinski definition) is 3. The maximum Gasteiger partial charge on any atom is 0.253 e. The number of alkyl halides is 2. The number of hydrogen-bond acceptors (Lipinski definition) is 9. The summed E-state index contributed by atoms with van der Waals surface area (Å²) in [6.07, 6.45) is 0.687. The molecule has 4 heterocycles. The van der Waals surface area contributed by atoms with E-state index < -0.39 is 40.5 Å². The second-order valence-corrected chi connectivity index (χ2v) is 9.37. The van der Waals surface area contributed by atoms with Gasteiger partial charge in [0.15, 0.2) is 5.82 Å². The van der Waals surface area contributed by atoms with Crippen molar-refractivity contribution in [3.05, 3.63) is 23.6 Å². The number of sulfonamides is 1. The Morgan fingerprint density at radius 1 is 1.26 bits per heavy atom. The molecule has 170 valence electrons. The van der Waals surface area contributed by atoms with Gasteiger partial charge in [0.2, 0.25) is 16.0 Å². The Balaban J connectivity index is 1.41. The van der Waals surface area contributed by atoms with Gasteiger partial charge in [-0.2, -0.15) is 10.1 Å². The number of aryl methyl sites for hydroxylation is 1. The molecule has 2 aromatic heterocycles. The van der Waals surface area contributed by atoms with Gasteiger partial charge in [0.25, 0.3) is 6.43 Å². The number of ether oxygens (including phenoxy) is 2. The molecule has 2 aromatic rings. The molecule has 0 radical (unpaired) electrons. The number of rotatable bonds is 8. The monoisotopic (exact) mass is 479 g/mol. The molecule has 2 saturated heterocycles. The Morgan fingerprint density at radius 2 is 1.97 bits per heavy atom. The van der Waals surface area contributed by atoms with Crippen LogP contribution in [0.2, 0.25) is 5.02 Å². The molecular formula is C16H20ClF2N7O4S. The quantitative estimate of drug-likeness (QED) is 0.501. The van der Waals surface area contributed by atoms with Crippen LogP contribution >= 0.6 is 11.6 Å². The van der Waals surface area contributed by atoms with E-state index in [0.717, 1.165) is 0 Å². The molecule has 2 aliphatic rings. The first-order chi connectivity index (χ1) is 14.7. The minimum atomic E-state index is -4.16. The number of aromatic nitrogens is 4. The summed E-state index contributed by atoms with van der Waals surface area (Å²) in [6, 6.07) is -1.14. The van der Waals surface area contributed by atoms with Crippen molar-refractivity contribution in [1.82, 2.24) is 24.5 Å². The van der Waals surface area contributed by atoms with Crippen LogP contribution in [0.5, 0.6) is 0 Å². The summed E-state index contributed by atoms with van der Waals surface area (Å²) in [6.45, 7) is 0.190. The summed E-state index contributed by atoms with van der Waals surface area (Å²) in [5, 5.41) is 10.5. The van der Waals surface area contributed by atoms with Crippen molar-refractivity contribution in [3.63, 3.8) is 0 Å². The van der Waals surface area contributed by atoms with Crippen molar-refractivity contribution in [2.75, 3.05) is 29.6 Å². The van der Waals surface area contributed by atoms with Crippen LogP contribution in [-0.4, -0.2) is 77.8 Å². The third-order valence-electron chi connectivity index (χ3n) is 4.76. The number of halogens is 3. The van der Waals surface area contributed by atoms with Crippen molar-refractivity contribution >= 4 is 39.1 Å². The van der Waals surface area contributed by atoms with Gasteiger partial charge in [-0.1, -0.05) is 11.6 Å². The van der Waals surface area contributed by atoms with Crippen LogP contribution in [0.3, 0.4) is 0 Å².